The van der Waals surface area contributed by atoms with Crippen molar-refractivity contribution >= 4 is 16.8 Å². The molecule has 0 spiro atoms. The molecule has 4 rings (SSSR count). The average Bonchev–Trinajstić information content (AvgIpc) is 3.21. The van der Waals surface area contributed by atoms with Gasteiger partial charge in [-0.2, -0.15) is 0 Å². The summed E-state index contributed by atoms with van der Waals surface area (Å²) in [6.45, 7) is 2.62. The van der Waals surface area contributed by atoms with Crippen molar-refractivity contribution in [3.63, 3.8) is 0 Å². The van der Waals surface area contributed by atoms with E-state index in [0.717, 1.165) is 31.5 Å². The minimum absolute atomic E-state index is 0.0352. The van der Waals surface area contributed by atoms with Crippen LogP contribution in [0, 0.1) is 0 Å². The Morgan fingerprint density at radius 3 is 2.90 bits per heavy atom. The van der Waals surface area contributed by atoms with E-state index in [9.17, 15) is 9.59 Å². The lowest BCUT2D eigenvalue weighted by Crippen LogP contribution is -2.36. The molecule has 0 bridgehead atoms. The monoisotopic (exact) mass is 391 g/mol. The molecule has 0 aliphatic carbocycles. The first-order valence-corrected chi connectivity index (χ1v) is 10.1. The van der Waals surface area contributed by atoms with Gasteiger partial charge in [0.2, 0.25) is 0 Å². The molecule has 0 saturated heterocycles. The molecule has 29 heavy (non-hydrogen) atoms. The van der Waals surface area contributed by atoms with Gasteiger partial charge in [0.15, 0.2) is 6.61 Å². The average molecular weight is 391 g/mol. The molecular formula is C23H25N3O3. The van der Waals surface area contributed by atoms with E-state index in [1.54, 1.807) is 22.8 Å². The minimum Gasteiger partial charge on any atom is -0.484 e. The predicted molar refractivity (Wildman–Crippen MR) is 112 cm³/mol. The lowest BCUT2D eigenvalue weighted by Gasteiger charge is -2.14. The lowest BCUT2D eigenvalue weighted by molar-refractivity contribution is -0.123. The second-order valence-electron chi connectivity index (χ2n) is 7.55. The number of hydrogen-bond acceptors (Lipinski definition) is 4. The van der Waals surface area contributed by atoms with Crippen LogP contribution in [-0.2, 0) is 24.2 Å². The quantitative estimate of drug-likeness (QED) is 0.672. The highest BCUT2D eigenvalue weighted by Gasteiger charge is 2.16. The number of carbonyl (C=O) groups excluding carboxylic acids is 1. The highest BCUT2D eigenvalue weighted by atomic mass is 16.5. The SMILES string of the molecule is C[C@H](CCc1ccccc1)NC(=O)COc1ccc2nc3n(c(=O)c2c1)CCC3. The third kappa shape index (κ3) is 4.47. The number of carbonyl (C=O) groups is 1. The molecule has 0 fully saturated rings. The number of aryl methyl sites for hydroxylation is 2. The number of ether oxygens (including phenoxy) is 1. The fourth-order valence-electron chi connectivity index (χ4n) is 3.72. The molecule has 1 aliphatic rings. The van der Waals surface area contributed by atoms with Crippen molar-refractivity contribution in [2.75, 3.05) is 6.61 Å². The molecule has 3 aromatic rings. The number of rotatable bonds is 7. The molecule has 1 aliphatic heterocycles. The number of amides is 1. The summed E-state index contributed by atoms with van der Waals surface area (Å²) in [5.41, 5.74) is 1.90. The fourth-order valence-corrected chi connectivity index (χ4v) is 3.72. The zero-order chi connectivity index (χ0) is 20.2. The number of nitrogens with one attached hydrogen (secondary N) is 1. The first kappa shape index (κ1) is 19.2. The number of nitrogens with zero attached hydrogens (tertiary/aromatic N) is 2. The van der Waals surface area contributed by atoms with E-state index in [1.165, 1.54) is 5.56 Å². The Balaban J connectivity index is 1.33. The number of fused-ring (bicyclic) bond motifs is 2. The highest BCUT2D eigenvalue weighted by Crippen LogP contribution is 2.19. The van der Waals surface area contributed by atoms with Crippen LogP contribution in [0.4, 0.5) is 0 Å². The Kier molecular flexibility index (Phi) is 5.60. The van der Waals surface area contributed by atoms with Gasteiger partial charge in [0.05, 0.1) is 10.9 Å². The Morgan fingerprint density at radius 1 is 1.24 bits per heavy atom. The summed E-state index contributed by atoms with van der Waals surface area (Å²) in [4.78, 5) is 29.4. The van der Waals surface area contributed by atoms with Crippen molar-refractivity contribution in [3.05, 3.63) is 70.3 Å². The minimum atomic E-state index is -0.172. The van der Waals surface area contributed by atoms with Crippen LogP contribution in [0.1, 0.15) is 31.2 Å². The van der Waals surface area contributed by atoms with E-state index in [-0.39, 0.29) is 24.1 Å². The third-order valence-corrected chi connectivity index (χ3v) is 5.27. The van der Waals surface area contributed by atoms with Crippen LogP contribution in [0.5, 0.6) is 5.75 Å². The highest BCUT2D eigenvalue weighted by molar-refractivity contribution is 5.80. The zero-order valence-corrected chi connectivity index (χ0v) is 16.6. The molecule has 1 atom stereocenters. The van der Waals surface area contributed by atoms with E-state index >= 15 is 0 Å². The molecule has 1 amide bonds. The molecule has 0 saturated carbocycles. The number of aromatic nitrogens is 2. The molecule has 1 N–H and O–H groups in total. The maximum Gasteiger partial charge on any atom is 0.261 e. The summed E-state index contributed by atoms with van der Waals surface area (Å²) in [6.07, 6.45) is 3.56. The van der Waals surface area contributed by atoms with Crippen LogP contribution in [0.2, 0.25) is 0 Å². The lowest BCUT2D eigenvalue weighted by atomic mass is 10.1. The Morgan fingerprint density at radius 2 is 2.07 bits per heavy atom. The molecule has 1 aromatic heterocycles. The molecule has 0 radical (unpaired) electrons. The maximum absolute atomic E-state index is 12.6. The smallest absolute Gasteiger partial charge is 0.261 e. The van der Waals surface area contributed by atoms with Crippen molar-refractivity contribution in [2.45, 2.75) is 45.2 Å². The molecule has 6 nitrogen and oxygen atoms in total. The summed E-state index contributed by atoms with van der Waals surface area (Å²) in [7, 11) is 0. The standard InChI is InChI=1S/C23H25N3O3/c1-16(9-10-17-6-3-2-4-7-17)24-22(27)15-29-18-11-12-20-19(14-18)23(28)26-13-5-8-21(26)25-20/h2-4,6-7,11-12,14,16H,5,8-10,13,15H2,1H3,(H,24,27)/t16-/m1/s1. The van der Waals surface area contributed by atoms with E-state index in [1.807, 2.05) is 25.1 Å². The van der Waals surface area contributed by atoms with E-state index in [4.69, 9.17) is 4.74 Å². The summed E-state index contributed by atoms with van der Waals surface area (Å²) in [6, 6.07) is 15.5. The van der Waals surface area contributed by atoms with Gasteiger partial charge in [0.1, 0.15) is 11.6 Å². The second kappa shape index (κ2) is 8.47. The molecule has 6 heteroatoms. The van der Waals surface area contributed by atoms with Gasteiger partial charge >= 0.3 is 0 Å². The van der Waals surface area contributed by atoms with Gasteiger partial charge in [-0.1, -0.05) is 30.3 Å². The van der Waals surface area contributed by atoms with Crippen LogP contribution in [-0.4, -0.2) is 28.1 Å². The van der Waals surface area contributed by atoms with Crippen molar-refractivity contribution < 1.29 is 9.53 Å². The third-order valence-electron chi connectivity index (χ3n) is 5.27. The van der Waals surface area contributed by atoms with Crippen molar-refractivity contribution in [1.82, 2.24) is 14.9 Å². The second-order valence-corrected chi connectivity index (χ2v) is 7.55. The summed E-state index contributed by atoms with van der Waals surface area (Å²) in [5.74, 6) is 1.18. The summed E-state index contributed by atoms with van der Waals surface area (Å²) >= 11 is 0. The number of hydrogen-bond donors (Lipinski definition) is 1. The van der Waals surface area contributed by atoms with Gasteiger partial charge in [0, 0.05) is 19.0 Å². The topological polar surface area (TPSA) is 73.2 Å². The van der Waals surface area contributed by atoms with Crippen LogP contribution >= 0.6 is 0 Å². The van der Waals surface area contributed by atoms with Crippen LogP contribution in [0.15, 0.2) is 53.3 Å². The van der Waals surface area contributed by atoms with Crippen molar-refractivity contribution in [1.29, 1.82) is 0 Å². The van der Waals surface area contributed by atoms with Gasteiger partial charge in [-0.15, -0.1) is 0 Å². The van der Waals surface area contributed by atoms with Gasteiger partial charge in [0.25, 0.3) is 11.5 Å². The normalized spacial score (nSPS) is 13.8. The van der Waals surface area contributed by atoms with Crippen molar-refractivity contribution in [2.24, 2.45) is 0 Å². The van der Waals surface area contributed by atoms with Gasteiger partial charge in [-0.3, -0.25) is 14.2 Å². The van der Waals surface area contributed by atoms with Crippen molar-refractivity contribution in [3.8, 4) is 5.75 Å². The summed E-state index contributed by atoms with van der Waals surface area (Å²) in [5, 5.41) is 3.49. The Bertz CT molecular complexity index is 1080. The Hall–Kier alpha value is -3.15. The fraction of sp³-hybridized carbons (Fsp3) is 0.348. The van der Waals surface area contributed by atoms with E-state index in [0.29, 0.717) is 23.2 Å². The molecule has 0 unspecified atom stereocenters. The number of benzene rings is 2. The summed E-state index contributed by atoms with van der Waals surface area (Å²) < 4.78 is 7.36. The van der Waals surface area contributed by atoms with Crippen LogP contribution < -0.4 is 15.6 Å². The molecule has 2 heterocycles. The molecular weight excluding hydrogens is 366 g/mol. The Labute approximate surface area is 169 Å². The van der Waals surface area contributed by atoms with Crippen LogP contribution in [0.25, 0.3) is 10.9 Å². The van der Waals surface area contributed by atoms with E-state index in [2.05, 4.69) is 22.4 Å². The largest absolute Gasteiger partial charge is 0.484 e. The predicted octanol–water partition coefficient (Wildman–Crippen LogP) is 2.86. The van der Waals surface area contributed by atoms with Gasteiger partial charge < -0.3 is 10.1 Å². The van der Waals surface area contributed by atoms with Gasteiger partial charge in [-0.05, 0) is 49.9 Å². The maximum atomic E-state index is 12.6. The zero-order valence-electron chi connectivity index (χ0n) is 16.6. The first-order valence-electron chi connectivity index (χ1n) is 10.1. The molecule has 2 aromatic carbocycles. The van der Waals surface area contributed by atoms with E-state index < -0.39 is 0 Å². The molecule has 150 valence electrons. The van der Waals surface area contributed by atoms with Crippen LogP contribution in [0.3, 0.4) is 0 Å². The van der Waals surface area contributed by atoms with Gasteiger partial charge in [-0.25, -0.2) is 4.98 Å². The first-order chi connectivity index (χ1) is 14.1.